The first-order chi connectivity index (χ1) is 9.74. The fourth-order valence-corrected chi connectivity index (χ4v) is 3.30. The number of hydrogen-bond acceptors (Lipinski definition) is 4. The Morgan fingerprint density at radius 3 is 2.65 bits per heavy atom. The summed E-state index contributed by atoms with van der Waals surface area (Å²) < 4.78 is 5.30. The van der Waals surface area contributed by atoms with Crippen LogP contribution in [0.2, 0.25) is 0 Å². The van der Waals surface area contributed by atoms with Crippen LogP contribution in [-0.2, 0) is 9.53 Å². The van der Waals surface area contributed by atoms with Gasteiger partial charge in [-0.25, -0.2) is 0 Å². The largest absolute Gasteiger partial charge is 0.378 e. The molecule has 2 atom stereocenters. The van der Waals surface area contributed by atoms with Crippen LogP contribution in [-0.4, -0.2) is 74.2 Å². The van der Waals surface area contributed by atoms with Crippen molar-refractivity contribution >= 4 is 5.91 Å². The van der Waals surface area contributed by atoms with E-state index in [0.717, 1.165) is 39.1 Å². The molecule has 0 spiro atoms. The van der Waals surface area contributed by atoms with Gasteiger partial charge in [-0.3, -0.25) is 9.69 Å². The van der Waals surface area contributed by atoms with Crippen molar-refractivity contribution in [2.45, 2.75) is 32.7 Å². The number of nitrogens with zero attached hydrogens (tertiary/aromatic N) is 2. The predicted octanol–water partition coefficient (Wildman–Crippen LogP) is 0.555. The van der Waals surface area contributed by atoms with Crippen LogP contribution in [0.15, 0.2) is 0 Å². The van der Waals surface area contributed by atoms with Crippen LogP contribution in [0.1, 0.15) is 26.7 Å². The minimum atomic E-state index is 0.269. The average molecular weight is 283 g/mol. The molecule has 5 nitrogen and oxygen atoms in total. The molecule has 0 aliphatic carbocycles. The van der Waals surface area contributed by atoms with Crippen LogP contribution in [0.4, 0.5) is 0 Å². The molecule has 0 bridgehead atoms. The number of carbonyl (C=O) groups is 1. The number of likely N-dealkylation sites (tertiary alicyclic amines) is 1. The second kappa shape index (κ2) is 7.96. The van der Waals surface area contributed by atoms with Gasteiger partial charge in [0, 0.05) is 32.2 Å². The van der Waals surface area contributed by atoms with Crippen molar-refractivity contribution in [3.8, 4) is 0 Å². The summed E-state index contributed by atoms with van der Waals surface area (Å²) in [5.74, 6) is 0.936. The van der Waals surface area contributed by atoms with Gasteiger partial charge in [0.15, 0.2) is 0 Å². The van der Waals surface area contributed by atoms with Crippen molar-refractivity contribution in [1.82, 2.24) is 15.1 Å². The first-order valence-electron chi connectivity index (χ1n) is 8.05. The molecule has 2 fully saturated rings. The quantitative estimate of drug-likeness (QED) is 0.800. The maximum absolute atomic E-state index is 12.3. The van der Waals surface area contributed by atoms with E-state index in [9.17, 15) is 4.79 Å². The van der Waals surface area contributed by atoms with E-state index in [4.69, 9.17) is 4.74 Å². The average Bonchev–Trinajstić information content (AvgIpc) is 2.50. The standard InChI is InChI=1S/C15H29N3O2/c1-3-13-11-17(6-5-14(13)16-4-2)12-15(19)18-7-9-20-10-8-18/h13-14,16H,3-12H2,1-2H3. The maximum Gasteiger partial charge on any atom is 0.236 e. The molecule has 20 heavy (non-hydrogen) atoms. The number of carbonyl (C=O) groups excluding carboxylic acids is 1. The van der Waals surface area contributed by atoms with E-state index in [-0.39, 0.29) is 5.91 Å². The second-order valence-electron chi connectivity index (χ2n) is 5.85. The van der Waals surface area contributed by atoms with Gasteiger partial charge in [-0.05, 0) is 18.9 Å². The van der Waals surface area contributed by atoms with E-state index >= 15 is 0 Å². The molecule has 0 saturated carbocycles. The van der Waals surface area contributed by atoms with Gasteiger partial charge in [0.25, 0.3) is 0 Å². The molecule has 0 aromatic rings. The summed E-state index contributed by atoms with van der Waals surface area (Å²) in [4.78, 5) is 16.6. The number of piperidine rings is 1. The van der Waals surface area contributed by atoms with Gasteiger partial charge >= 0.3 is 0 Å². The van der Waals surface area contributed by atoms with Gasteiger partial charge in [-0.15, -0.1) is 0 Å². The van der Waals surface area contributed by atoms with E-state index in [1.54, 1.807) is 0 Å². The molecule has 0 aromatic heterocycles. The zero-order chi connectivity index (χ0) is 14.4. The van der Waals surface area contributed by atoms with Crippen LogP contribution < -0.4 is 5.32 Å². The molecule has 5 heteroatoms. The topological polar surface area (TPSA) is 44.8 Å². The summed E-state index contributed by atoms with van der Waals surface area (Å²) in [5, 5.41) is 3.58. The molecule has 2 aliphatic rings. The molecule has 2 unspecified atom stereocenters. The Kier molecular flexibility index (Phi) is 6.26. The highest BCUT2D eigenvalue weighted by Gasteiger charge is 2.29. The lowest BCUT2D eigenvalue weighted by Crippen LogP contribution is -2.52. The fraction of sp³-hybridized carbons (Fsp3) is 0.933. The van der Waals surface area contributed by atoms with Crippen molar-refractivity contribution < 1.29 is 9.53 Å². The summed E-state index contributed by atoms with van der Waals surface area (Å²) in [6.07, 6.45) is 2.34. The Labute approximate surface area is 122 Å². The van der Waals surface area contributed by atoms with Crippen molar-refractivity contribution in [2.24, 2.45) is 5.92 Å². The lowest BCUT2D eigenvalue weighted by Gasteiger charge is -2.39. The van der Waals surface area contributed by atoms with Crippen LogP contribution in [0.3, 0.4) is 0 Å². The minimum Gasteiger partial charge on any atom is -0.378 e. The Morgan fingerprint density at radius 2 is 2.00 bits per heavy atom. The zero-order valence-electron chi connectivity index (χ0n) is 12.9. The Hall–Kier alpha value is -0.650. The number of amides is 1. The van der Waals surface area contributed by atoms with Crippen LogP contribution in [0, 0.1) is 5.92 Å². The third-order valence-corrected chi connectivity index (χ3v) is 4.53. The molecule has 2 heterocycles. The Bertz CT molecular complexity index is 305. The number of nitrogens with one attached hydrogen (secondary N) is 1. The normalized spacial score (nSPS) is 28.6. The lowest BCUT2D eigenvalue weighted by atomic mass is 9.90. The number of morpholine rings is 1. The first kappa shape index (κ1) is 15.7. The highest BCUT2D eigenvalue weighted by molar-refractivity contribution is 5.78. The first-order valence-corrected chi connectivity index (χ1v) is 8.05. The zero-order valence-corrected chi connectivity index (χ0v) is 12.9. The van der Waals surface area contributed by atoms with Crippen LogP contribution >= 0.6 is 0 Å². The van der Waals surface area contributed by atoms with Crippen LogP contribution in [0.25, 0.3) is 0 Å². The highest BCUT2D eigenvalue weighted by atomic mass is 16.5. The Balaban J connectivity index is 1.80. The van der Waals surface area contributed by atoms with E-state index in [0.29, 0.717) is 31.7 Å². The summed E-state index contributed by atoms with van der Waals surface area (Å²) in [6, 6.07) is 0.625. The predicted molar refractivity (Wildman–Crippen MR) is 79.7 cm³/mol. The van der Waals surface area contributed by atoms with E-state index < -0.39 is 0 Å². The molecule has 2 aliphatic heterocycles. The lowest BCUT2D eigenvalue weighted by molar-refractivity contribution is -0.137. The Morgan fingerprint density at radius 1 is 1.25 bits per heavy atom. The number of ether oxygens (including phenoxy) is 1. The maximum atomic E-state index is 12.3. The fourth-order valence-electron chi connectivity index (χ4n) is 3.30. The van der Waals surface area contributed by atoms with E-state index in [1.807, 2.05) is 4.90 Å². The third kappa shape index (κ3) is 4.17. The second-order valence-corrected chi connectivity index (χ2v) is 5.85. The van der Waals surface area contributed by atoms with E-state index in [2.05, 4.69) is 24.1 Å². The summed E-state index contributed by atoms with van der Waals surface area (Å²) in [5.41, 5.74) is 0. The molecule has 2 rings (SSSR count). The molecule has 1 N–H and O–H groups in total. The summed E-state index contributed by atoms with van der Waals surface area (Å²) in [6.45, 7) is 11.0. The van der Waals surface area contributed by atoms with Crippen molar-refractivity contribution in [3.63, 3.8) is 0 Å². The minimum absolute atomic E-state index is 0.269. The molecule has 0 radical (unpaired) electrons. The van der Waals surface area contributed by atoms with Gasteiger partial charge in [0.1, 0.15) is 0 Å². The highest BCUT2D eigenvalue weighted by Crippen LogP contribution is 2.20. The van der Waals surface area contributed by atoms with Gasteiger partial charge in [0.05, 0.1) is 19.8 Å². The SMILES string of the molecule is CCNC1CCN(CC(=O)N2CCOCC2)CC1CC. The van der Waals surface area contributed by atoms with Gasteiger partial charge in [-0.1, -0.05) is 20.3 Å². The summed E-state index contributed by atoms with van der Waals surface area (Å²) in [7, 11) is 0. The van der Waals surface area contributed by atoms with Crippen molar-refractivity contribution in [1.29, 1.82) is 0 Å². The molecule has 0 aromatic carbocycles. The smallest absolute Gasteiger partial charge is 0.236 e. The molecule has 1 amide bonds. The van der Waals surface area contributed by atoms with E-state index in [1.165, 1.54) is 6.42 Å². The number of hydrogen-bond donors (Lipinski definition) is 1. The van der Waals surface area contributed by atoms with Gasteiger partial charge in [0.2, 0.25) is 5.91 Å². The van der Waals surface area contributed by atoms with Gasteiger partial charge < -0.3 is 15.0 Å². The molecular formula is C15H29N3O2. The van der Waals surface area contributed by atoms with Crippen molar-refractivity contribution in [2.75, 3.05) is 52.5 Å². The number of rotatable bonds is 5. The molecule has 116 valence electrons. The van der Waals surface area contributed by atoms with Crippen LogP contribution in [0.5, 0.6) is 0 Å². The monoisotopic (exact) mass is 283 g/mol. The molecule has 2 saturated heterocycles. The molecular weight excluding hydrogens is 254 g/mol. The van der Waals surface area contributed by atoms with Gasteiger partial charge in [-0.2, -0.15) is 0 Å². The third-order valence-electron chi connectivity index (χ3n) is 4.53. The summed E-state index contributed by atoms with van der Waals surface area (Å²) >= 11 is 0. The van der Waals surface area contributed by atoms with Crippen molar-refractivity contribution in [3.05, 3.63) is 0 Å².